The lowest BCUT2D eigenvalue weighted by atomic mass is 10.2. The minimum absolute atomic E-state index is 0.000834. The van der Waals surface area contributed by atoms with Crippen LogP contribution in [0.1, 0.15) is 19.0 Å². The summed E-state index contributed by atoms with van der Waals surface area (Å²) in [6, 6.07) is 6.97. The number of rotatable bonds is 9. The number of aromatic amines is 1. The van der Waals surface area contributed by atoms with E-state index in [1.54, 1.807) is 24.3 Å². The van der Waals surface area contributed by atoms with Crippen LogP contribution < -0.4 is 15.6 Å². The van der Waals surface area contributed by atoms with Gasteiger partial charge in [-0.05, 0) is 31.2 Å². The van der Waals surface area contributed by atoms with Crippen molar-refractivity contribution in [2.45, 2.75) is 24.9 Å². The third-order valence-electron chi connectivity index (χ3n) is 3.11. The fourth-order valence-electron chi connectivity index (χ4n) is 1.93. The Morgan fingerprint density at radius 3 is 2.62 bits per heavy atom. The predicted molar refractivity (Wildman–Crippen MR) is 95.6 cm³/mol. The molecule has 0 aliphatic heterocycles. The van der Waals surface area contributed by atoms with Crippen molar-refractivity contribution >= 4 is 29.3 Å². The van der Waals surface area contributed by atoms with Gasteiger partial charge in [0.2, 0.25) is 5.91 Å². The van der Waals surface area contributed by atoms with Crippen molar-refractivity contribution in [1.82, 2.24) is 15.2 Å². The molecule has 0 saturated heterocycles. The van der Waals surface area contributed by atoms with Crippen LogP contribution in [0.25, 0.3) is 0 Å². The summed E-state index contributed by atoms with van der Waals surface area (Å²) in [5.41, 5.74) is 0.175. The number of hydrogen-bond donors (Lipinski definition) is 3. The van der Waals surface area contributed by atoms with Crippen molar-refractivity contribution < 1.29 is 19.4 Å². The number of nitrogens with one attached hydrogen (secondary N) is 2. The highest BCUT2D eigenvalue weighted by molar-refractivity contribution is 7.99. The molecule has 3 N–H and O–H groups in total. The van der Waals surface area contributed by atoms with E-state index in [2.05, 4.69) is 20.5 Å². The Kier molecular flexibility index (Phi) is 7.15. The fourth-order valence-corrected chi connectivity index (χ4v) is 2.53. The summed E-state index contributed by atoms with van der Waals surface area (Å²) in [5.74, 6) is -0.533. The van der Waals surface area contributed by atoms with E-state index >= 15 is 0 Å². The van der Waals surface area contributed by atoms with Crippen LogP contribution in [0.15, 0.2) is 34.2 Å². The smallest absolute Gasteiger partial charge is 0.303 e. The Bertz CT molecular complexity index is 822. The third kappa shape index (κ3) is 6.20. The highest BCUT2D eigenvalue weighted by atomic mass is 32.2. The lowest BCUT2D eigenvalue weighted by molar-refractivity contribution is -0.137. The summed E-state index contributed by atoms with van der Waals surface area (Å²) in [4.78, 5) is 36.8. The second kappa shape index (κ2) is 9.56. The number of aryl methyl sites for hydroxylation is 1. The monoisotopic (exact) mass is 378 g/mol. The number of aliphatic carboxylic acids is 1. The van der Waals surface area contributed by atoms with Gasteiger partial charge in [-0.2, -0.15) is 0 Å². The van der Waals surface area contributed by atoms with Crippen LogP contribution in [-0.4, -0.2) is 44.5 Å². The molecule has 1 amide bonds. The number of thioether (sulfide) groups is 1. The number of H-pyrrole nitrogens is 1. The molecule has 0 unspecified atom stereocenters. The van der Waals surface area contributed by atoms with Gasteiger partial charge in [-0.3, -0.25) is 19.4 Å². The van der Waals surface area contributed by atoms with Crippen LogP contribution >= 0.6 is 11.8 Å². The van der Waals surface area contributed by atoms with Crippen molar-refractivity contribution in [1.29, 1.82) is 0 Å². The zero-order chi connectivity index (χ0) is 18.9. The summed E-state index contributed by atoms with van der Waals surface area (Å²) in [6.45, 7) is 2.45. The number of aromatic nitrogens is 3. The predicted octanol–water partition coefficient (Wildman–Crippen LogP) is 1.31. The van der Waals surface area contributed by atoms with Gasteiger partial charge in [0.25, 0.3) is 5.56 Å². The Balaban J connectivity index is 1.85. The molecular weight excluding hydrogens is 360 g/mol. The van der Waals surface area contributed by atoms with Gasteiger partial charge in [0, 0.05) is 12.1 Å². The maximum atomic E-state index is 12.0. The molecule has 1 heterocycles. The van der Waals surface area contributed by atoms with Crippen molar-refractivity contribution in [3.05, 3.63) is 40.3 Å². The highest BCUT2D eigenvalue weighted by Gasteiger charge is 2.10. The van der Waals surface area contributed by atoms with Crippen molar-refractivity contribution in [2.75, 3.05) is 17.7 Å². The Labute approximate surface area is 153 Å². The first-order valence-corrected chi connectivity index (χ1v) is 8.79. The topological polar surface area (TPSA) is 134 Å². The standard InChI is InChI=1S/C16H18N4O5S/c1-2-25-11-5-3-10(4-6-11)17-13(21)9-26-16-18-15(24)12(19-20-16)7-8-14(22)23/h3-6H,2,7-9H2,1H3,(H,17,21)(H,22,23)(H,18,20,24). The van der Waals surface area contributed by atoms with Gasteiger partial charge in [-0.1, -0.05) is 11.8 Å². The summed E-state index contributed by atoms with van der Waals surface area (Å²) in [7, 11) is 0. The lowest BCUT2D eigenvalue weighted by Crippen LogP contribution is -2.19. The van der Waals surface area contributed by atoms with Crippen LogP contribution in [-0.2, 0) is 16.0 Å². The lowest BCUT2D eigenvalue weighted by Gasteiger charge is -2.07. The molecular formula is C16H18N4O5S. The number of carbonyl (C=O) groups is 2. The third-order valence-corrected chi connectivity index (χ3v) is 3.97. The number of carboxylic acids is 1. The van der Waals surface area contributed by atoms with E-state index in [0.29, 0.717) is 12.3 Å². The average molecular weight is 378 g/mol. The largest absolute Gasteiger partial charge is 0.494 e. The molecule has 9 nitrogen and oxygen atoms in total. The van der Waals surface area contributed by atoms with E-state index < -0.39 is 11.5 Å². The first-order valence-electron chi connectivity index (χ1n) is 7.81. The molecule has 0 bridgehead atoms. The molecule has 1 aromatic carbocycles. The minimum Gasteiger partial charge on any atom is -0.494 e. The van der Waals surface area contributed by atoms with Crippen LogP contribution in [0.5, 0.6) is 5.75 Å². The van der Waals surface area contributed by atoms with E-state index in [-0.39, 0.29) is 35.4 Å². The maximum Gasteiger partial charge on any atom is 0.303 e. The van der Waals surface area contributed by atoms with Gasteiger partial charge < -0.3 is 15.2 Å². The molecule has 138 valence electrons. The van der Waals surface area contributed by atoms with Crippen LogP contribution in [0.4, 0.5) is 5.69 Å². The van der Waals surface area contributed by atoms with Gasteiger partial charge >= 0.3 is 5.97 Å². The number of ether oxygens (including phenoxy) is 1. The zero-order valence-electron chi connectivity index (χ0n) is 14.0. The normalized spacial score (nSPS) is 10.3. The number of anilines is 1. The SMILES string of the molecule is CCOc1ccc(NC(=O)CSc2nnc(CCC(=O)O)c(=O)[nH]2)cc1. The molecule has 0 aliphatic rings. The van der Waals surface area contributed by atoms with E-state index in [9.17, 15) is 14.4 Å². The van der Waals surface area contributed by atoms with E-state index in [1.165, 1.54) is 0 Å². The number of hydrogen-bond acceptors (Lipinski definition) is 7. The molecule has 2 aromatic rings. The molecule has 0 saturated carbocycles. The fraction of sp³-hybridized carbons (Fsp3) is 0.312. The first-order chi connectivity index (χ1) is 12.5. The molecule has 0 atom stereocenters. The number of benzene rings is 1. The number of amides is 1. The Morgan fingerprint density at radius 2 is 2.00 bits per heavy atom. The van der Waals surface area contributed by atoms with Gasteiger partial charge in [0.1, 0.15) is 11.4 Å². The number of carbonyl (C=O) groups excluding carboxylic acids is 1. The molecule has 0 spiro atoms. The Morgan fingerprint density at radius 1 is 1.27 bits per heavy atom. The van der Waals surface area contributed by atoms with E-state index in [0.717, 1.165) is 17.5 Å². The highest BCUT2D eigenvalue weighted by Crippen LogP contribution is 2.16. The van der Waals surface area contributed by atoms with Crippen LogP contribution in [0, 0.1) is 0 Å². The zero-order valence-corrected chi connectivity index (χ0v) is 14.8. The quantitative estimate of drug-likeness (QED) is 0.556. The van der Waals surface area contributed by atoms with Gasteiger partial charge in [-0.25, -0.2) is 0 Å². The van der Waals surface area contributed by atoms with Gasteiger partial charge in [0.15, 0.2) is 5.16 Å². The number of carboxylic acid groups (broad SMARTS) is 1. The van der Waals surface area contributed by atoms with Gasteiger partial charge in [0.05, 0.1) is 18.8 Å². The molecule has 26 heavy (non-hydrogen) atoms. The van der Waals surface area contributed by atoms with Crippen molar-refractivity contribution in [3.63, 3.8) is 0 Å². The average Bonchev–Trinajstić information content (AvgIpc) is 2.61. The maximum absolute atomic E-state index is 12.0. The van der Waals surface area contributed by atoms with Crippen LogP contribution in [0.3, 0.4) is 0 Å². The molecule has 10 heteroatoms. The molecule has 0 aliphatic carbocycles. The van der Waals surface area contributed by atoms with Gasteiger partial charge in [-0.15, -0.1) is 10.2 Å². The summed E-state index contributed by atoms with van der Waals surface area (Å²) in [5, 5.41) is 19.0. The number of nitrogens with zero attached hydrogens (tertiary/aromatic N) is 2. The van der Waals surface area contributed by atoms with E-state index in [4.69, 9.17) is 9.84 Å². The van der Waals surface area contributed by atoms with Crippen molar-refractivity contribution in [3.8, 4) is 5.75 Å². The summed E-state index contributed by atoms with van der Waals surface area (Å²) < 4.78 is 5.32. The second-order valence-electron chi connectivity index (χ2n) is 5.09. The Hall–Kier alpha value is -2.88. The molecule has 0 radical (unpaired) electrons. The van der Waals surface area contributed by atoms with Crippen molar-refractivity contribution in [2.24, 2.45) is 0 Å². The van der Waals surface area contributed by atoms with Crippen LogP contribution in [0.2, 0.25) is 0 Å². The second-order valence-corrected chi connectivity index (χ2v) is 6.06. The first kappa shape index (κ1) is 19.4. The summed E-state index contributed by atoms with van der Waals surface area (Å²) in [6.07, 6.45) is -0.199. The molecule has 1 aromatic heterocycles. The molecule has 0 fully saturated rings. The van der Waals surface area contributed by atoms with E-state index in [1.807, 2.05) is 6.92 Å². The summed E-state index contributed by atoms with van der Waals surface area (Å²) >= 11 is 1.02. The molecule has 2 rings (SSSR count). The minimum atomic E-state index is -1.02.